The van der Waals surface area contributed by atoms with Crippen molar-refractivity contribution in [3.8, 4) is 0 Å². The van der Waals surface area contributed by atoms with Crippen LogP contribution in [0.4, 0.5) is 0 Å². The molecule has 0 radical (unpaired) electrons. The highest BCUT2D eigenvalue weighted by Gasteiger charge is 2.17. The van der Waals surface area contributed by atoms with Gasteiger partial charge in [0.2, 0.25) is 0 Å². The zero-order chi connectivity index (χ0) is 8.91. The van der Waals surface area contributed by atoms with Crippen LogP contribution in [-0.4, -0.2) is 23.8 Å². The number of rotatable bonds is 4. The first-order valence-electron chi connectivity index (χ1n) is 2.97. The molecular formula is C5H12NO4P. The molecule has 0 aliphatic heterocycles. The summed E-state index contributed by atoms with van der Waals surface area (Å²) in [7, 11) is -1.53. The van der Waals surface area contributed by atoms with Gasteiger partial charge in [0.1, 0.15) is 12.7 Å². The average Bonchev–Trinajstić information content (AvgIpc) is 1.81. The third-order valence-electron chi connectivity index (χ3n) is 0.819. The average molecular weight is 181 g/mol. The maximum absolute atomic E-state index is 10.2. The van der Waals surface area contributed by atoms with Gasteiger partial charge in [-0.2, -0.15) is 0 Å². The van der Waals surface area contributed by atoms with Gasteiger partial charge in [-0.3, -0.25) is 9.09 Å². The minimum atomic E-state index is -2.92. The van der Waals surface area contributed by atoms with E-state index in [-0.39, 0.29) is 0 Å². The zero-order valence-electron chi connectivity index (χ0n) is 6.70. The van der Waals surface area contributed by atoms with Crippen molar-refractivity contribution < 1.29 is 18.8 Å². The summed E-state index contributed by atoms with van der Waals surface area (Å²) in [4.78, 5) is 12.8. The van der Waals surface area contributed by atoms with Crippen LogP contribution in [0.5, 0.6) is 0 Å². The van der Waals surface area contributed by atoms with E-state index in [9.17, 15) is 4.57 Å². The number of oxime groups is 1. The highest BCUT2D eigenvalue weighted by molar-refractivity contribution is 7.32. The summed E-state index contributed by atoms with van der Waals surface area (Å²) in [6, 6.07) is 0. The number of hydrogen-bond acceptors (Lipinski definition) is 4. The zero-order valence-corrected chi connectivity index (χ0v) is 7.70. The standard InChI is InChI=1S/C5H12NO4P/c1-5(2,4-6-9-3)10-11(7)8/h4,11H,1-3H3,(H,7,8). The van der Waals surface area contributed by atoms with Crippen molar-refractivity contribution >= 4 is 14.5 Å². The fourth-order valence-corrected chi connectivity index (χ4v) is 0.934. The predicted molar refractivity (Wildman–Crippen MR) is 41.9 cm³/mol. The van der Waals surface area contributed by atoms with Crippen molar-refractivity contribution in [2.75, 3.05) is 7.11 Å². The van der Waals surface area contributed by atoms with Crippen molar-refractivity contribution in [1.82, 2.24) is 0 Å². The lowest BCUT2D eigenvalue weighted by Gasteiger charge is -2.16. The molecule has 0 bridgehead atoms. The van der Waals surface area contributed by atoms with Gasteiger partial charge in [-0.1, -0.05) is 5.16 Å². The molecule has 1 unspecified atom stereocenters. The fourth-order valence-electron chi connectivity index (χ4n) is 0.431. The minimum absolute atomic E-state index is 0.860. The first-order valence-corrected chi connectivity index (χ1v) is 4.24. The Morgan fingerprint density at radius 1 is 1.64 bits per heavy atom. The third-order valence-corrected chi connectivity index (χ3v) is 1.52. The van der Waals surface area contributed by atoms with Gasteiger partial charge in [0, 0.05) is 0 Å². The first kappa shape index (κ1) is 10.6. The largest absolute Gasteiger partial charge is 0.399 e. The van der Waals surface area contributed by atoms with Gasteiger partial charge in [0.05, 0.1) is 6.21 Å². The SMILES string of the molecule is CON=CC(C)(C)O[PH](=O)O. The van der Waals surface area contributed by atoms with Gasteiger partial charge >= 0.3 is 8.25 Å². The van der Waals surface area contributed by atoms with Crippen LogP contribution in [0.1, 0.15) is 13.8 Å². The molecule has 0 heterocycles. The van der Waals surface area contributed by atoms with Crippen LogP contribution < -0.4 is 0 Å². The van der Waals surface area contributed by atoms with E-state index in [0.29, 0.717) is 0 Å². The van der Waals surface area contributed by atoms with Crippen molar-refractivity contribution in [2.24, 2.45) is 5.16 Å². The highest BCUT2D eigenvalue weighted by Crippen LogP contribution is 2.23. The lowest BCUT2D eigenvalue weighted by molar-refractivity contribution is 0.161. The summed E-state index contributed by atoms with van der Waals surface area (Å²) in [6.07, 6.45) is 1.31. The summed E-state index contributed by atoms with van der Waals surface area (Å²) in [5, 5.41) is 3.41. The minimum Gasteiger partial charge on any atom is -0.399 e. The second kappa shape index (κ2) is 4.49. The Bertz CT molecular complexity index is 168. The van der Waals surface area contributed by atoms with E-state index in [1.165, 1.54) is 13.3 Å². The predicted octanol–water partition coefficient (Wildman–Crippen LogP) is 0.796. The molecule has 0 aliphatic carbocycles. The molecule has 0 rings (SSSR count). The van der Waals surface area contributed by atoms with E-state index in [1.807, 2.05) is 0 Å². The second-order valence-corrected chi connectivity index (χ2v) is 3.12. The Balaban J connectivity index is 3.99. The van der Waals surface area contributed by atoms with Crippen molar-refractivity contribution in [2.45, 2.75) is 19.4 Å². The summed E-state index contributed by atoms with van der Waals surface area (Å²) >= 11 is 0. The lowest BCUT2D eigenvalue weighted by Crippen LogP contribution is -2.22. The van der Waals surface area contributed by atoms with Gasteiger partial charge in [-0.05, 0) is 13.8 Å². The van der Waals surface area contributed by atoms with E-state index in [1.54, 1.807) is 13.8 Å². The van der Waals surface area contributed by atoms with Gasteiger partial charge in [0.25, 0.3) is 0 Å². The molecule has 0 aromatic carbocycles. The molecule has 0 aliphatic rings. The Labute approximate surface area is 65.9 Å². The molecule has 0 saturated carbocycles. The monoisotopic (exact) mass is 181 g/mol. The molecule has 0 amide bonds. The second-order valence-electron chi connectivity index (χ2n) is 2.39. The lowest BCUT2D eigenvalue weighted by atomic mass is 10.2. The van der Waals surface area contributed by atoms with Gasteiger partial charge in [-0.15, -0.1) is 0 Å². The Morgan fingerprint density at radius 2 is 2.18 bits per heavy atom. The van der Waals surface area contributed by atoms with Crippen LogP contribution in [0.2, 0.25) is 0 Å². The maximum Gasteiger partial charge on any atom is 0.317 e. The Hall–Kier alpha value is -0.380. The maximum atomic E-state index is 10.2. The molecule has 0 fully saturated rings. The Kier molecular flexibility index (Phi) is 4.33. The van der Waals surface area contributed by atoms with Gasteiger partial charge in [0.15, 0.2) is 0 Å². The topological polar surface area (TPSA) is 68.1 Å². The highest BCUT2D eigenvalue weighted by atomic mass is 31.1. The molecule has 0 aromatic rings. The van der Waals surface area contributed by atoms with Crippen LogP contribution in [0.15, 0.2) is 5.16 Å². The molecule has 6 heteroatoms. The molecule has 1 N–H and O–H groups in total. The molecule has 0 aromatic heterocycles. The van der Waals surface area contributed by atoms with Crippen LogP contribution >= 0.6 is 8.25 Å². The van der Waals surface area contributed by atoms with E-state index >= 15 is 0 Å². The summed E-state index contributed by atoms with van der Waals surface area (Å²) in [5.74, 6) is 0. The van der Waals surface area contributed by atoms with Crippen LogP contribution in [0.3, 0.4) is 0 Å². The van der Waals surface area contributed by atoms with Crippen molar-refractivity contribution in [3.05, 3.63) is 0 Å². The molecule has 0 saturated heterocycles. The van der Waals surface area contributed by atoms with Crippen LogP contribution in [-0.2, 0) is 13.9 Å². The first-order chi connectivity index (χ1) is 4.98. The van der Waals surface area contributed by atoms with Crippen LogP contribution in [0, 0.1) is 0 Å². The Morgan fingerprint density at radius 3 is 2.55 bits per heavy atom. The van der Waals surface area contributed by atoms with Crippen molar-refractivity contribution in [3.63, 3.8) is 0 Å². The van der Waals surface area contributed by atoms with E-state index in [2.05, 4.69) is 14.5 Å². The molecule has 11 heavy (non-hydrogen) atoms. The smallest absolute Gasteiger partial charge is 0.317 e. The van der Waals surface area contributed by atoms with E-state index < -0.39 is 13.9 Å². The molecule has 0 spiro atoms. The van der Waals surface area contributed by atoms with E-state index in [0.717, 1.165) is 0 Å². The molecule has 5 nitrogen and oxygen atoms in total. The molecular weight excluding hydrogens is 169 g/mol. The quantitative estimate of drug-likeness (QED) is 0.395. The fraction of sp³-hybridized carbons (Fsp3) is 0.800. The third kappa shape index (κ3) is 6.04. The number of hydrogen-bond donors (Lipinski definition) is 1. The summed E-state index contributed by atoms with van der Waals surface area (Å²) in [6.45, 7) is 3.21. The normalized spacial score (nSPS) is 15.3. The van der Waals surface area contributed by atoms with E-state index in [4.69, 9.17) is 4.89 Å². The van der Waals surface area contributed by atoms with Gasteiger partial charge in [-0.25, -0.2) is 0 Å². The van der Waals surface area contributed by atoms with Crippen molar-refractivity contribution in [1.29, 1.82) is 0 Å². The summed E-state index contributed by atoms with van der Waals surface area (Å²) in [5.41, 5.74) is -0.860. The molecule has 1 atom stereocenters. The number of nitrogens with zero attached hydrogens (tertiary/aromatic N) is 1. The summed E-state index contributed by atoms with van der Waals surface area (Å²) < 4.78 is 14.9. The van der Waals surface area contributed by atoms with Crippen LogP contribution in [0.25, 0.3) is 0 Å². The molecule has 66 valence electrons. The van der Waals surface area contributed by atoms with Gasteiger partial charge < -0.3 is 9.73 Å².